The van der Waals surface area contributed by atoms with Gasteiger partial charge in [-0.25, -0.2) is 0 Å². The van der Waals surface area contributed by atoms with Crippen LogP contribution in [0, 0.1) is 20.8 Å². The predicted molar refractivity (Wildman–Crippen MR) is 86.3 cm³/mol. The third-order valence-corrected chi connectivity index (χ3v) is 4.11. The maximum atomic E-state index is 5.78. The first-order valence-corrected chi connectivity index (χ1v) is 7.18. The van der Waals surface area contributed by atoms with Gasteiger partial charge in [0.2, 0.25) is 5.88 Å². The number of benzene rings is 1. The van der Waals surface area contributed by atoms with Gasteiger partial charge >= 0.3 is 0 Å². The standard InChI is InChI=1S/C14H14BrN3OS/c1-7-6-10(4-5-11(7)15)19-14-12(13(16)20)8(2)9(3)17-18-14/h4-6H,1-3H3,(H2,16,20). The Labute approximate surface area is 131 Å². The summed E-state index contributed by atoms with van der Waals surface area (Å²) in [5, 5.41) is 8.11. The Hall–Kier alpha value is -1.53. The van der Waals surface area contributed by atoms with Crippen molar-refractivity contribution in [1.82, 2.24) is 10.2 Å². The molecule has 0 saturated heterocycles. The molecule has 0 aliphatic rings. The fourth-order valence-electron chi connectivity index (χ4n) is 1.74. The zero-order valence-corrected chi connectivity index (χ0v) is 13.8. The molecule has 0 unspecified atom stereocenters. The average Bonchev–Trinajstić information content (AvgIpc) is 2.38. The highest BCUT2D eigenvalue weighted by Gasteiger charge is 2.15. The van der Waals surface area contributed by atoms with Crippen molar-refractivity contribution in [2.45, 2.75) is 20.8 Å². The summed E-state index contributed by atoms with van der Waals surface area (Å²) in [6, 6.07) is 5.67. The highest BCUT2D eigenvalue weighted by atomic mass is 79.9. The van der Waals surface area contributed by atoms with Crippen LogP contribution in [0.2, 0.25) is 0 Å². The molecule has 0 spiro atoms. The van der Waals surface area contributed by atoms with E-state index in [0.717, 1.165) is 21.3 Å². The minimum Gasteiger partial charge on any atom is -0.437 e. The molecule has 2 N–H and O–H groups in total. The highest BCUT2D eigenvalue weighted by Crippen LogP contribution is 2.28. The smallest absolute Gasteiger partial charge is 0.249 e. The van der Waals surface area contributed by atoms with Crippen LogP contribution in [-0.4, -0.2) is 15.2 Å². The molecule has 4 nitrogen and oxygen atoms in total. The molecule has 0 radical (unpaired) electrons. The van der Waals surface area contributed by atoms with Crippen LogP contribution in [-0.2, 0) is 0 Å². The van der Waals surface area contributed by atoms with Crippen molar-refractivity contribution >= 4 is 33.1 Å². The third-order valence-electron chi connectivity index (χ3n) is 3.01. The van der Waals surface area contributed by atoms with E-state index in [1.807, 2.05) is 39.0 Å². The summed E-state index contributed by atoms with van der Waals surface area (Å²) in [5.41, 5.74) is 9.14. The molecule has 20 heavy (non-hydrogen) atoms. The SMILES string of the molecule is Cc1cc(Oc2nnc(C)c(C)c2C(N)=S)ccc1Br. The number of hydrogen-bond acceptors (Lipinski definition) is 4. The van der Waals surface area contributed by atoms with Gasteiger partial charge < -0.3 is 10.5 Å². The van der Waals surface area contributed by atoms with Gasteiger partial charge in [0.05, 0.1) is 11.3 Å². The summed E-state index contributed by atoms with van der Waals surface area (Å²) >= 11 is 8.53. The molecule has 1 heterocycles. The van der Waals surface area contributed by atoms with Crippen molar-refractivity contribution < 1.29 is 4.74 Å². The lowest BCUT2D eigenvalue weighted by atomic mass is 10.1. The first-order valence-electron chi connectivity index (χ1n) is 5.98. The second kappa shape index (κ2) is 5.85. The molecule has 0 amide bonds. The maximum Gasteiger partial charge on any atom is 0.249 e. The normalized spacial score (nSPS) is 10.4. The van der Waals surface area contributed by atoms with Gasteiger partial charge in [0, 0.05) is 4.47 Å². The predicted octanol–water partition coefficient (Wildman–Crippen LogP) is 3.59. The second-order valence-electron chi connectivity index (χ2n) is 4.47. The zero-order chi connectivity index (χ0) is 14.9. The number of aryl methyl sites for hydroxylation is 2. The highest BCUT2D eigenvalue weighted by molar-refractivity contribution is 9.10. The van der Waals surface area contributed by atoms with Crippen molar-refractivity contribution in [3.8, 4) is 11.6 Å². The number of nitrogens with zero attached hydrogens (tertiary/aromatic N) is 2. The number of ether oxygens (including phenoxy) is 1. The van der Waals surface area contributed by atoms with Crippen LogP contribution in [0.15, 0.2) is 22.7 Å². The molecule has 0 saturated carbocycles. The molecular weight excluding hydrogens is 338 g/mol. The van der Waals surface area contributed by atoms with E-state index >= 15 is 0 Å². The molecule has 1 aromatic heterocycles. The van der Waals surface area contributed by atoms with Crippen LogP contribution in [0.4, 0.5) is 0 Å². The van der Waals surface area contributed by atoms with Gasteiger partial charge in [-0.05, 0) is 50.1 Å². The van der Waals surface area contributed by atoms with E-state index < -0.39 is 0 Å². The lowest BCUT2D eigenvalue weighted by Gasteiger charge is -2.12. The molecular formula is C14H14BrN3OS. The quantitative estimate of drug-likeness (QED) is 0.856. The largest absolute Gasteiger partial charge is 0.437 e. The van der Waals surface area contributed by atoms with Crippen LogP contribution in [0.25, 0.3) is 0 Å². The van der Waals surface area contributed by atoms with Gasteiger partial charge in [0.25, 0.3) is 0 Å². The summed E-state index contributed by atoms with van der Waals surface area (Å²) < 4.78 is 6.80. The van der Waals surface area contributed by atoms with Crippen molar-refractivity contribution in [3.05, 3.63) is 45.1 Å². The van der Waals surface area contributed by atoms with Crippen LogP contribution < -0.4 is 10.5 Å². The minimum atomic E-state index is 0.254. The maximum absolute atomic E-state index is 5.78. The van der Waals surface area contributed by atoms with E-state index in [2.05, 4.69) is 26.1 Å². The Morgan fingerprint density at radius 2 is 1.95 bits per heavy atom. The number of aromatic nitrogens is 2. The van der Waals surface area contributed by atoms with E-state index in [0.29, 0.717) is 17.2 Å². The Morgan fingerprint density at radius 1 is 1.25 bits per heavy atom. The first kappa shape index (κ1) is 14.9. The van der Waals surface area contributed by atoms with Crippen LogP contribution >= 0.6 is 28.1 Å². The van der Waals surface area contributed by atoms with Gasteiger partial charge in [-0.3, -0.25) is 0 Å². The molecule has 0 fully saturated rings. The van der Waals surface area contributed by atoms with E-state index in [9.17, 15) is 0 Å². The monoisotopic (exact) mass is 351 g/mol. The Kier molecular flexibility index (Phi) is 4.35. The van der Waals surface area contributed by atoms with Crippen LogP contribution in [0.1, 0.15) is 22.4 Å². The van der Waals surface area contributed by atoms with Crippen molar-refractivity contribution in [2.24, 2.45) is 5.73 Å². The fourth-order valence-corrected chi connectivity index (χ4v) is 2.23. The molecule has 0 bridgehead atoms. The van der Waals surface area contributed by atoms with E-state index in [1.165, 1.54) is 0 Å². The minimum absolute atomic E-state index is 0.254. The molecule has 1 aromatic carbocycles. The van der Waals surface area contributed by atoms with Crippen molar-refractivity contribution in [2.75, 3.05) is 0 Å². The topological polar surface area (TPSA) is 61.0 Å². The average molecular weight is 352 g/mol. The summed E-state index contributed by atoms with van der Waals surface area (Å²) in [6.45, 7) is 5.74. The molecule has 6 heteroatoms. The Bertz CT molecular complexity index is 688. The van der Waals surface area contributed by atoms with Gasteiger partial charge in [-0.2, -0.15) is 5.10 Å². The van der Waals surface area contributed by atoms with Gasteiger partial charge in [-0.1, -0.05) is 28.1 Å². The number of thiocarbonyl (C=S) groups is 1. The second-order valence-corrected chi connectivity index (χ2v) is 5.76. The van der Waals surface area contributed by atoms with Crippen molar-refractivity contribution in [3.63, 3.8) is 0 Å². The van der Waals surface area contributed by atoms with Crippen LogP contribution in [0.3, 0.4) is 0 Å². The summed E-state index contributed by atoms with van der Waals surface area (Å²) in [7, 11) is 0. The fraction of sp³-hybridized carbons (Fsp3) is 0.214. The molecule has 2 rings (SSSR count). The van der Waals surface area contributed by atoms with E-state index in [1.54, 1.807) is 0 Å². The zero-order valence-electron chi connectivity index (χ0n) is 11.4. The van der Waals surface area contributed by atoms with E-state index in [4.69, 9.17) is 22.7 Å². The Balaban J connectivity index is 2.45. The van der Waals surface area contributed by atoms with E-state index in [-0.39, 0.29) is 4.99 Å². The summed E-state index contributed by atoms with van der Waals surface area (Å²) in [6.07, 6.45) is 0. The number of rotatable bonds is 3. The van der Waals surface area contributed by atoms with Gasteiger partial charge in [0.15, 0.2) is 0 Å². The lowest BCUT2D eigenvalue weighted by Crippen LogP contribution is -2.15. The first-order chi connectivity index (χ1) is 9.40. The molecule has 2 aromatic rings. The molecule has 104 valence electrons. The number of hydrogen-bond donors (Lipinski definition) is 1. The number of nitrogens with two attached hydrogens (primary N) is 1. The lowest BCUT2D eigenvalue weighted by molar-refractivity contribution is 0.452. The van der Waals surface area contributed by atoms with Crippen molar-refractivity contribution in [1.29, 1.82) is 0 Å². The molecule has 0 aliphatic heterocycles. The van der Waals surface area contributed by atoms with Crippen LogP contribution in [0.5, 0.6) is 11.6 Å². The summed E-state index contributed by atoms with van der Waals surface area (Å²) in [4.78, 5) is 0.254. The van der Waals surface area contributed by atoms with Gasteiger partial charge in [0.1, 0.15) is 10.7 Å². The third kappa shape index (κ3) is 2.96. The molecule has 0 aliphatic carbocycles. The Morgan fingerprint density at radius 3 is 2.55 bits per heavy atom. The summed E-state index contributed by atoms with van der Waals surface area (Å²) in [5.74, 6) is 1.00. The molecule has 0 atom stereocenters. The van der Waals surface area contributed by atoms with Gasteiger partial charge in [-0.15, -0.1) is 5.10 Å². The number of halogens is 1.